The Balaban J connectivity index is 2.17. The Kier molecular flexibility index (Phi) is 5.26. The first kappa shape index (κ1) is 15.9. The van der Waals surface area contributed by atoms with E-state index in [4.69, 9.17) is 9.47 Å². The molecule has 2 heterocycles. The molecular formula is C11H19N5O4S. The molecule has 1 N–H and O–H groups in total. The normalized spacial score (nSPS) is 16.0. The molecule has 0 saturated carbocycles. The van der Waals surface area contributed by atoms with E-state index in [-0.39, 0.29) is 18.3 Å². The number of nitrogens with one attached hydrogen (secondary N) is 1. The Bertz CT molecular complexity index is 574. The van der Waals surface area contributed by atoms with Gasteiger partial charge in [0, 0.05) is 13.1 Å². The maximum atomic E-state index is 11.5. The fourth-order valence-corrected chi connectivity index (χ4v) is 2.29. The predicted octanol–water partition coefficient (Wildman–Crippen LogP) is -0.844. The van der Waals surface area contributed by atoms with E-state index in [9.17, 15) is 8.42 Å². The fourth-order valence-electron chi connectivity index (χ4n) is 1.74. The average molecular weight is 317 g/mol. The summed E-state index contributed by atoms with van der Waals surface area (Å²) < 4.78 is 35.7. The van der Waals surface area contributed by atoms with Crippen molar-refractivity contribution in [3.05, 3.63) is 5.82 Å². The summed E-state index contributed by atoms with van der Waals surface area (Å²) in [5, 5.41) is 0. The van der Waals surface area contributed by atoms with Crippen LogP contribution in [0.1, 0.15) is 12.7 Å². The second kappa shape index (κ2) is 6.96. The standard InChI is InChI=1S/C11H19N5O4S/c1-3-21(17,18)12-8-9-13-10(15-11(14-9)19-2)16-4-6-20-7-5-16/h12H,3-8H2,1-2H3. The van der Waals surface area contributed by atoms with Crippen LogP contribution < -0.4 is 14.4 Å². The van der Waals surface area contributed by atoms with Crippen molar-refractivity contribution in [1.82, 2.24) is 19.7 Å². The minimum atomic E-state index is -3.30. The summed E-state index contributed by atoms with van der Waals surface area (Å²) in [6, 6.07) is 0.164. The smallest absolute Gasteiger partial charge is 0.321 e. The number of hydrogen-bond donors (Lipinski definition) is 1. The topological polar surface area (TPSA) is 107 Å². The van der Waals surface area contributed by atoms with Gasteiger partial charge in [-0.1, -0.05) is 0 Å². The molecule has 0 aromatic carbocycles. The number of rotatable bonds is 6. The van der Waals surface area contributed by atoms with E-state index in [0.29, 0.717) is 38.1 Å². The van der Waals surface area contributed by atoms with Crippen LogP contribution in [0.4, 0.5) is 5.95 Å². The van der Waals surface area contributed by atoms with Gasteiger partial charge in [-0.2, -0.15) is 15.0 Å². The van der Waals surface area contributed by atoms with E-state index in [1.807, 2.05) is 4.90 Å². The monoisotopic (exact) mass is 317 g/mol. The highest BCUT2D eigenvalue weighted by Crippen LogP contribution is 2.13. The largest absolute Gasteiger partial charge is 0.467 e. The van der Waals surface area contributed by atoms with Gasteiger partial charge in [-0.25, -0.2) is 13.1 Å². The van der Waals surface area contributed by atoms with E-state index in [2.05, 4.69) is 19.7 Å². The van der Waals surface area contributed by atoms with Crippen molar-refractivity contribution in [3.8, 4) is 6.01 Å². The molecule has 2 rings (SSSR count). The van der Waals surface area contributed by atoms with Gasteiger partial charge in [0.15, 0.2) is 5.82 Å². The highest BCUT2D eigenvalue weighted by molar-refractivity contribution is 7.89. The molecule has 0 aliphatic carbocycles. The number of methoxy groups -OCH3 is 1. The quantitative estimate of drug-likeness (QED) is 0.723. The third kappa shape index (κ3) is 4.48. The number of sulfonamides is 1. The molecule has 0 atom stereocenters. The Morgan fingerprint density at radius 3 is 2.62 bits per heavy atom. The predicted molar refractivity (Wildman–Crippen MR) is 75.7 cm³/mol. The lowest BCUT2D eigenvalue weighted by Gasteiger charge is -2.26. The number of hydrogen-bond acceptors (Lipinski definition) is 8. The van der Waals surface area contributed by atoms with E-state index in [1.54, 1.807) is 6.92 Å². The number of nitrogens with zero attached hydrogens (tertiary/aromatic N) is 4. The zero-order valence-electron chi connectivity index (χ0n) is 12.1. The number of anilines is 1. The molecule has 0 amide bonds. The molecule has 1 aliphatic heterocycles. The molecule has 0 spiro atoms. The van der Waals surface area contributed by atoms with Crippen LogP contribution in [0.15, 0.2) is 0 Å². The van der Waals surface area contributed by atoms with Crippen LogP contribution in [0.25, 0.3) is 0 Å². The van der Waals surface area contributed by atoms with Crippen molar-refractivity contribution in [2.24, 2.45) is 0 Å². The lowest BCUT2D eigenvalue weighted by Crippen LogP contribution is -2.37. The molecule has 1 aliphatic rings. The number of ether oxygens (including phenoxy) is 2. The highest BCUT2D eigenvalue weighted by atomic mass is 32.2. The molecule has 0 unspecified atom stereocenters. The van der Waals surface area contributed by atoms with Crippen molar-refractivity contribution in [2.45, 2.75) is 13.5 Å². The molecule has 21 heavy (non-hydrogen) atoms. The van der Waals surface area contributed by atoms with Gasteiger partial charge in [0.2, 0.25) is 16.0 Å². The second-order valence-electron chi connectivity index (χ2n) is 4.36. The van der Waals surface area contributed by atoms with Crippen LogP contribution >= 0.6 is 0 Å². The first-order valence-electron chi connectivity index (χ1n) is 6.63. The van der Waals surface area contributed by atoms with Crippen LogP contribution in [-0.4, -0.2) is 62.5 Å². The molecule has 1 saturated heterocycles. The fraction of sp³-hybridized carbons (Fsp3) is 0.727. The molecular weight excluding hydrogens is 298 g/mol. The van der Waals surface area contributed by atoms with Crippen molar-refractivity contribution in [3.63, 3.8) is 0 Å². The van der Waals surface area contributed by atoms with Gasteiger partial charge < -0.3 is 14.4 Å². The van der Waals surface area contributed by atoms with Crippen LogP contribution in [-0.2, 0) is 21.3 Å². The van der Waals surface area contributed by atoms with Gasteiger partial charge in [0.05, 0.1) is 32.6 Å². The summed E-state index contributed by atoms with van der Waals surface area (Å²) in [6.07, 6.45) is 0. The van der Waals surface area contributed by atoms with Gasteiger partial charge in [-0.05, 0) is 6.92 Å². The average Bonchev–Trinajstić information content (AvgIpc) is 2.53. The first-order chi connectivity index (χ1) is 10.0. The maximum Gasteiger partial charge on any atom is 0.321 e. The van der Waals surface area contributed by atoms with Crippen LogP contribution in [0.3, 0.4) is 0 Å². The summed E-state index contributed by atoms with van der Waals surface area (Å²) in [6.45, 7) is 4.13. The summed E-state index contributed by atoms with van der Waals surface area (Å²) in [5.74, 6) is 0.794. The molecule has 1 aromatic heterocycles. The summed E-state index contributed by atoms with van der Waals surface area (Å²) in [7, 11) is -1.84. The Morgan fingerprint density at radius 2 is 2.00 bits per heavy atom. The lowest BCUT2D eigenvalue weighted by atomic mass is 10.4. The molecule has 0 bridgehead atoms. The second-order valence-corrected chi connectivity index (χ2v) is 6.46. The van der Waals surface area contributed by atoms with Gasteiger partial charge in [0.1, 0.15) is 0 Å². The molecule has 1 aromatic rings. The molecule has 1 fully saturated rings. The third-order valence-corrected chi connectivity index (χ3v) is 4.30. The Morgan fingerprint density at radius 1 is 1.29 bits per heavy atom. The third-order valence-electron chi connectivity index (χ3n) is 2.96. The lowest BCUT2D eigenvalue weighted by molar-refractivity contribution is 0.122. The van der Waals surface area contributed by atoms with Gasteiger partial charge in [-0.3, -0.25) is 0 Å². The Hall–Kier alpha value is -1.52. The highest BCUT2D eigenvalue weighted by Gasteiger charge is 2.17. The van der Waals surface area contributed by atoms with Crippen LogP contribution in [0.2, 0.25) is 0 Å². The summed E-state index contributed by atoms with van der Waals surface area (Å²) in [5.41, 5.74) is 0. The van der Waals surface area contributed by atoms with Crippen molar-refractivity contribution in [1.29, 1.82) is 0 Å². The molecule has 118 valence electrons. The van der Waals surface area contributed by atoms with Crippen LogP contribution in [0, 0.1) is 0 Å². The molecule has 0 radical (unpaired) electrons. The van der Waals surface area contributed by atoms with Gasteiger partial charge >= 0.3 is 6.01 Å². The zero-order valence-corrected chi connectivity index (χ0v) is 12.9. The van der Waals surface area contributed by atoms with Crippen molar-refractivity contribution < 1.29 is 17.9 Å². The van der Waals surface area contributed by atoms with Crippen molar-refractivity contribution >= 4 is 16.0 Å². The van der Waals surface area contributed by atoms with Crippen LogP contribution in [0.5, 0.6) is 6.01 Å². The van der Waals surface area contributed by atoms with E-state index >= 15 is 0 Å². The number of aromatic nitrogens is 3. The van der Waals surface area contributed by atoms with Gasteiger partial charge in [0.25, 0.3) is 0 Å². The van der Waals surface area contributed by atoms with E-state index in [0.717, 1.165) is 0 Å². The van der Waals surface area contributed by atoms with E-state index in [1.165, 1.54) is 7.11 Å². The summed E-state index contributed by atoms with van der Waals surface area (Å²) in [4.78, 5) is 14.5. The zero-order chi connectivity index (χ0) is 15.3. The minimum absolute atomic E-state index is 0.00550. The molecule has 10 heteroatoms. The number of morpholine rings is 1. The van der Waals surface area contributed by atoms with Gasteiger partial charge in [-0.15, -0.1) is 0 Å². The first-order valence-corrected chi connectivity index (χ1v) is 8.28. The SMILES string of the molecule is CCS(=O)(=O)NCc1nc(OC)nc(N2CCOCC2)n1. The van der Waals surface area contributed by atoms with E-state index < -0.39 is 10.0 Å². The maximum absolute atomic E-state index is 11.5. The minimum Gasteiger partial charge on any atom is -0.467 e. The Labute approximate surface area is 123 Å². The van der Waals surface area contributed by atoms with Crippen molar-refractivity contribution in [2.75, 3.05) is 44.1 Å². The molecule has 9 nitrogen and oxygen atoms in total. The summed E-state index contributed by atoms with van der Waals surface area (Å²) >= 11 is 0.